The second-order valence-electron chi connectivity index (χ2n) is 8.52. The van der Waals surface area contributed by atoms with Gasteiger partial charge in [-0.15, -0.1) is 0 Å². The summed E-state index contributed by atoms with van der Waals surface area (Å²) in [6, 6.07) is 8.27. The number of nitrogens with zero attached hydrogens (tertiary/aromatic N) is 3. The lowest BCUT2D eigenvalue weighted by Crippen LogP contribution is -2.49. The average Bonchev–Trinajstić information content (AvgIpc) is 2.78. The van der Waals surface area contributed by atoms with Crippen LogP contribution >= 0.6 is 11.6 Å². The summed E-state index contributed by atoms with van der Waals surface area (Å²) in [6.07, 6.45) is -2.97. The number of rotatable bonds is 5. The molecule has 1 aromatic carbocycles. The van der Waals surface area contributed by atoms with Crippen LogP contribution in [0.25, 0.3) is 0 Å². The number of carbonyl (C=O) groups is 1. The van der Waals surface area contributed by atoms with Gasteiger partial charge in [0.1, 0.15) is 17.4 Å². The highest BCUT2D eigenvalue weighted by molar-refractivity contribution is 6.35. The predicted octanol–water partition coefficient (Wildman–Crippen LogP) is 5.07. The van der Waals surface area contributed by atoms with Crippen molar-refractivity contribution in [2.45, 2.75) is 43.9 Å². The van der Waals surface area contributed by atoms with E-state index in [9.17, 15) is 23.2 Å². The molecule has 0 spiro atoms. The Hall–Kier alpha value is -2.83. The van der Waals surface area contributed by atoms with Crippen LogP contribution in [0.1, 0.15) is 58.8 Å². The summed E-state index contributed by atoms with van der Waals surface area (Å²) >= 11 is 6.22. The van der Waals surface area contributed by atoms with E-state index < -0.39 is 18.2 Å². The monoisotopic (exact) mass is 493 g/mol. The van der Waals surface area contributed by atoms with Gasteiger partial charge in [-0.1, -0.05) is 17.7 Å². The number of hydrogen-bond donors (Lipinski definition) is 0. The lowest BCUT2D eigenvalue weighted by molar-refractivity contribution is -0.189. The fraction of sp³-hybridized carbons (Fsp3) is 0.458. The molecule has 34 heavy (non-hydrogen) atoms. The molecule has 2 aliphatic heterocycles. The van der Waals surface area contributed by atoms with E-state index in [0.29, 0.717) is 19.0 Å². The van der Waals surface area contributed by atoms with E-state index in [-0.39, 0.29) is 27.8 Å². The Bertz CT molecular complexity index is 1090. The van der Waals surface area contributed by atoms with Crippen molar-refractivity contribution in [3.63, 3.8) is 0 Å². The summed E-state index contributed by atoms with van der Waals surface area (Å²) in [7, 11) is 0. The molecule has 2 fully saturated rings. The number of hydrogen-bond acceptors (Lipinski definition) is 5. The summed E-state index contributed by atoms with van der Waals surface area (Å²) in [5.74, 6) is -0.450. The first-order chi connectivity index (χ1) is 16.2. The molecule has 1 unspecified atom stereocenters. The smallest absolute Gasteiger partial charge is 0.425 e. The molecule has 1 atom stereocenters. The quantitative estimate of drug-likeness (QED) is 0.581. The normalized spacial score (nSPS) is 18.2. The zero-order chi connectivity index (χ0) is 24.5. The molecule has 0 N–H and O–H groups in total. The highest BCUT2D eigenvalue weighted by atomic mass is 35.5. The Morgan fingerprint density at radius 3 is 2.53 bits per heavy atom. The second-order valence-corrected chi connectivity index (χ2v) is 8.90. The van der Waals surface area contributed by atoms with Gasteiger partial charge in [0.25, 0.3) is 5.91 Å². The third kappa shape index (κ3) is 4.98. The number of amides is 1. The molecule has 0 radical (unpaired) electrons. The number of ether oxygens (including phenoxy) is 2. The predicted molar refractivity (Wildman–Crippen MR) is 118 cm³/mol. The van der Waals surface area contributed by atoms with E-state index in [2.05, 4.69) is 11.1 Å². The minimum atomic E-state index is -4.62. The lowest BCUT2D eigenvalue weighted by atomic mass is 9.90. The van der Waals surface area contributed by atoms with Crippen LogP contribution in [0, 0.1) is 11.3 Å². The fourth-order valence-corrected chi connectivity index (χ4v) is 4.40. The van der Waals surface area contributed by atoms with Gasteiger partial charge in [0.15, 0.2) is 6.10 Å². The number of likely N-dealkylation sites (tertiary alicyclic amines) is 1. The third-order valence-electron chi connectivity index (χ3n) is 6.29. The topological polar surface area (TPSA) is 75.5 Å². The molecule has 2 aromatic rings. The Morgan fingerprint density at radius 2 is 1.94 bits per heavy atom. The summed E-state index contributed by atoms with van der Waals surface area (Å²) in [4.78, 5) is 19.2. The van der Waals surface area contributed by atoms with Crippen molar-refractivity contribution in [2.24, 2.45) is 0 Å². The van der Waals surface area contributed by atoms with Crippen molar-refractivity contribution in [3.8, 4) is 11.8 Å². The first kappa shape index (κ1) is 24.3. The minimum absolute atomic E-state index is 0.00378. The molecule has 4 rings (SSSR count). The molecule has 1 amide bonds. The van der Waals surface area contributed by atoms with E-state index in [4.69, 9.17) is 21.1 Å². The maximum absolute atomic E-state index is 13.1. The van der Waals surface area contributed by atoms with E-state index in [1.165, 1.54) is 22.6 Å². The molecule has 0 bridgehead atoms. The molecule has 0 aliphatic carbocycles. The number of pyridine rings is 1. The molecule has 0 saturated carbocycles. The van der Waals surface area contributed by atoms with Gasteiger partial charge >= 0.3 is 6.18 Å². The van der Waals surface area contributed by atoms with Crippen molar-refractivity contribution in [1.82, 2.24) is 9.88 Å². The van der Waals surface area contributed by atoms with E-state index in [1.54, 1.807) is 0 Å². The van der Waals surface area contributed by atoms with Crippen LogP contribution in [0.3, 0.4) is 0 Å². The minimum Gasteiger partial charge on any atom is -0.480 e. The van der Waals surface area contributed by atoms with Gasteiger partial charge in [-0.05, 0) is 49.4 Å². The van der Waals surface area contributed by atoms with Crippen LogP contribution in [0.4, 0.5) is 13.2 Å². The number of nitriles is 1. The molecule has 180 valence electrons. The van der Waals surface area contributed by atoms with Gasteiger partial charge in [0.05, 0.1) is 10.6 Å². The Morgan fingerprint density at radius 1 is 1.24 bits per heavy atom. The van der Waals surface area contributed by atoms with Crippen LogP contribution in [-0.2, 0) is 4.74 Å². The van der Waals surface area contributed by atoms with Gasteiger partial charge in [0, 0.05) is 44.1 Å². The standard InChI is InChI=1S/C24H23ClF3N3O3/c1-14(24(26,27)28)34-20-5-3-16(10-29)22(25)21(20)23(32)31-12-18(13-31)19-4-2-17(11-30-19)15-6-8-33-9-7-15/h2-5,11,14-15,18H,6-9,12-13H2,1H3. The van der Waals surface area contributed by atoms with Crippen LogP contribution in [0.2, 0.25) is 5.02 Å². The number of benzene rings is 1. The fourth-order valence-electron chi connectivity index (χ4n) is 4.12. The third-order valence-corrected chi connectivity index (χ3v) is 6.68. The molecule has 3 heterocycles. The summed E-state index contributed by atoms with van der Waals surface area (Å²) < 4.78 is 49.5. The largest absolute Gasteiger partial charge is 0.480 e. The molecule has 1 aromatic heterocycles. The molecule has 2 aliphatic rings. The molecular formula is C24H23ClF3N3O3. The molecule has 2 saturated heterocycles. The van der Waals surface area contributed by atoms with Gasteiger partial charge < -0.3 is 14.4 Å². The Labute approximate surface area is 200 Å². The first-order valence-electron chi connectivity index (χ1n) is 11.0. The molecular weight excluding hydrogens is 471 g/mol. The number of carbonyl (C=O) groups excluding carboxylic acids is 1. The van der Waals surface area contributed by atoms with Gasteiger partial charge in [-0.3, -0.25) is 9.78 Å². The number of aromatic nitrogens is 1. The van der Waals surface area contributed by atoms with E-state index in [0.717, 1.165) is 38.7 Å². The summed E-state index contributed by atoms with van der Waals surface area (Å²) in [5.41, 5.74) is 1.76. The summed E-state index contributed by atoms with van der Waals surface area (Å²) in [5, 5.41) is 9.03. The van der Waals surface area contributed by atoms with Crippen LogP contribution in [-0.4, -0.2) is 54.4 Å². The highest BCUT2D eigenvalue weighted by Crippen LogP contribution is 2.37. The molecule has 10 heteroatoms. The van der Waals surface area contributed by atoms with E-state index >= 15 is 0 Å². The van der Waals surface area contributed by atoms with E-state index in [1.807, 2.05) is 18.3 Å². The van der Waals surface area contributed by atoms with Crippen LogP contribution in [0.15, 0.2) is 30.5 Å². The zero-order valence-corrected chi connectivity index (χ0v) is 19.2. The van der Waals surface area contributed by atoms with Gasteiger partial charge in [0.2, 0.25) is 0 Å². The second kappa shape index (κ2) is 9.80. The maximum atomic E-state index is 13.1. The average molecular weight is 494 g/mol. The van der Waals surface area contributed by atoms with Crippen molar-refractivity contribution < 1.29 is 27.4 Å². The van der Waals surface area contributed by atoms with Crippen LogP contribution < -0.4 is 4.74 Å². The Kier molecular flexibility index (Phi) is 7.01. The van der Waals surface area contributed by atoms with Gasteiger partial charge in [-0.2, -0.15) is 18.4 Å². The number of halogens is 4. The van der Waals surface area contributed by atoms with Crippen molar-refractivity contribution in [3.05, 3.63) is 57.9 Å². The van der Waals surface area contributed by atoms with Crippen molar-refractivity contribution in [1.29, 1.82) is 5.26 Å². The van der Waals surface area contributed by atoms with Gasteiger partial charge in [-0.25, -0.2) is 0 Å². The summed E-state index contributed by atoms with van der Waals surface area (Å²) in [6.45, 7) is 3.01. The van der Waals surface area contributed by atoms with Crippen molar-refractivity contribution >= 4 is 17.5 Å². The first-order valence-corrected chi connectivity index (χ1v) is 11.4. The van der Waals surface area contributed by atoms with Crippen LogP contribution in [0.5, 0.6) is 5.75 Å². The molecule has 6 nitrogen and oxygen atoms in total. The maximum Gasteiger partial charge on any atom is 0.425 e. The Balaban J connectivity index is 1.47. The zero-order valence-electron chi connectivity index (χ0n) is 18.4. The SMILES string of the molecule is CC(Oc1ccc(C#N)c(Cl)c1C(=O)N1CC(c2ccc(C3CCOCC3)cn2)C1)C(F)(F)F. The van der Waals surface area contributed by atoms with Crippen molar-refractivity contribution in [2.75, 3.05) is 26.3 Å². The number of alkyl halides is 3. The highest BCUT2D eigenvalue weighted by Gasteiger charge is 2.40. The lowest BCUT2D eigenvalue weighted by Gasteiger charge is -2.39.